The van der Waals surface area contributed by atoms with E-state index in [0.29, 0.717) is 5.95 Å². The molecule has 0 spiro atoms. The number of hydrogen-bond acceptors (Lipinski definition) is 5. The lowest BCUT2D eigenvalue weighted by molar-refractivity contribution is 1.05. The van der Waals surface area contributed by atoms with E-state index >= 15 is 0 Å². The van der Waals surface area contributed by atoms with Crippen molar-refractivity contribution in [2.45, 2.75) is 13.8 Å². The maximum atomic E-state index is 4.47. The minimum atomic E-state index is 0.637. The van der Waals surface area contributed by atoms with Gasteiger partial charge in [-0.05, 0) is 31.4 Å². The second-order valence-electron chi connectivity index (χ2n) is 4.78. The average molecular weight is 279 g/mol. The Labute approximate surface area is 123 Å². The first-order valence-corrected chi connectivity index (χ1v) is 6.95. The molecule has 21 heavy (non-hydrogen) atoms. The first kappa shape index (κ1) is 13.3. The molecular formula is C16H17N5. The van der Waals surface area contributed by atoms with E-state index in [1.54, 1.807) is 6.20 Å². The Morgan fingerprint density at radius 3 is 2.90 bits per heavy atom. The molecule has 0 unspecified atom stereocenters. The van der Waals surface area contributed by atoms with Gasteiger partial charge in [-0.1, -0.05) is 12.1 Å². The molecule has 0 amide bonds. The highest BCUT2D eigenvalue weighted by Crippen LogP contribution is 2.25. The highest BCUT2D eigenvalue weighted by Gasteiger charge is 2.05. The van der Waals surface area contributed by atoms with E-state index in [4.69, 9.17) is 0 Å². The van der Waals surface area contributed by atoms with Crippen molar-refractivity contribution in [1.29, 1.82) is 0 Å². The van der Waals surface area contributed by atoms with Crippen LogP contribution in [0.4, 0.5) is 17.5 Å². The predicted molar refractivity (Wildman–Crippen MR) is 86.0 cm³/mol. The molecule has 0 fully saturated rings. The monoisotopic (exact) mass is 279 g/mol. The molecule has 0 saturated heterocycles. The van der Waals surface area contributed by atoms with Crippen molar-refractivity contribution < 1.29 is 0 Å². The van der Waals surface area contributed by atoms with E-state index in [1.807, 2.05) is 44.3 Å². The number of hydrogen-bond donors (Lipinski definition) is 2. The SMILES string of the molecule is CCNc1nc(C)cc(Nc2cccc3ccncc23)n1. The van der Waals surface area contributed by atoms with Gasteiger partial charge in [0.05, 0.1) is 0 Å². The van der Waals surface area contributed by atoms with Crippen molar-refractivity contribution >= 4 is 28.2 Å². The van der Waals surface area contributed by atoms with E-state index in [2.05, 4.69) is 31.7 Å². The molecule has 0 atom stereocenters. The van der Waals surface area contributed by atoms with E-state index in [-0.39, 0.29) is 0 Å². The van der Waals surface area contributed by atoms with Crippen molar-refractivity contribution in [2.24, 2.45) is 0 Å². The topological polar surface area (TPSA) is 62.7 Å². The Morgan fingerprint density at radius 2 is 2.05 bits per heavy atom. The summed E-state index contributed by atoms with van der Waals surface area (Å²) in [5.74, 6) is 1.41. The zero-order chi connectivity index (χ0) is 14.7. The number of anilines is 3. The van der Waals surface area contributed by atoms with E-state index in [9.17, 15) is 0 Å². The normalized spacial score (nSPS) is 10.6. The molecule has 5 nitrogen and oxygen atoms in total. The first-order chi connectivity index (χ1) is 10.3. The third-order valence-corrected chi connectivity index (χ3v) is 3.14. The third-order valence-electron chi connectivity index (χ3n) is 3.14. The lowest BCUT2D eigenvalue weighted by Gasteiger charge is -2.11. The molecule has 106 valence electrons. The largest absolute Gasteiger partial charge is 0.354 e. The zero-order valence-electron chi connectivity index (χ0n) is 12.1. The molecule has 0 aliphatic carbocycles. The number of benzene rings is 1. The van der Waals surface area contributed by atoms with Crippen LogP contribution in [0, 0.1) is 6.92 Å². The maximum Gasteiger partial charge on any atom is 0.224 e. The molecule has 0 aliphatic rings. The Bertz CT molecular complexity index is 764. The minimum absolute atomic E-state index is 0.637. The summed E-state index contributed by atoms with van der Waals surface area (Å²) in [7, 11) is 0. The van der Waals surface area contributed by atoms with Crippen LogP contribution in [-0.2, 0) is 0 Å². The second kappa shape index (κ2) is 5.75. The standard InChI is InChI=1S/C16H17N5/c1-3-18-16-19-11(2)9-15(21-16)20-14-6-4-5-12-7-8-17-10-13(12)14/h4-10H,3H2,1-2H3,(H2,18,19,20,21). The lowest BCUT2D eigenvalue weighted by Crippen LogP contribution is -2.05. The maximum absolute atomic E-state index is 4.47. The molecule has 3 aromatic rings. The predicted octanol–water partition coefficient (Wildman–Crippen LogP) is 3.51. The van der Waals surface area contributed by atoms with E-state index in [1.165, 1.54) is 0 Å². The second-order valence-corrected chi connectivity index (χ2v) is 4.78. The lowest BCUT2D eigenvalue weighted by atomic mass is 10.1. The Balaban J connectivity index is 1.98. The van der Waals surface area contributed by atoms with E-state index in [0.717, 1.165) is 34.5 Å². The van der Waals surface area contributed by atoms with Crippen molar-refractivity contribution in [3.63, 3.8) is 0 Å². The molecule has 2 aromatic heterocycles. The molecule has 0 radical (unpaired) electrons. The number of rotatable bonds is 4. The molecule has 2 heterocycles. The van der Waals surface area contributed by atoms with E-state index < -0.39 is 0 Å². The number of nitrogens with zero attached hydrogens (tertiary/aromatic N) is 3. The summed E-state index contributed by atoms with van der Waals surface area (Å²) in [4.78, 5) is 13.0. The van der Waals surface area contributed by atoms with Crippen molar-refractivity contribution in [3.8, 4) is 0 Å². The van der Waals surface area contributed by atoms with Gasteiger partial charge in [-0.15, -0.1) is 0 Å². The molecule has 3 rings (SSSR count). The van der Waals surface area contributed by atoms with Crippen molar-refractivity contribution in [3.05, 3.63) is 48.4 Å². The van der Waals surface area contributed by atoms with Gasteiger partial charge in [0.15, 0.2) is 0 Å². The summed E-state index contributed by atoms with van der Waals surface area (Å²) >= 11 is 0. The van der Waals surface area contributed by atoms with Crippen LogP contribution in [0.5, 0.6) is 0 Å². The molecule has 2 N–H and O–H groups in total. The summed E-state index contributed by atoms with van der Waals surface area (Å²) in [6, 6.07) is 10.0. The van der Waals surface area contributed by atoms with Gasteiger partial charge in [-0.2, -0.15) is 4.98 Å². The first-order valence-electron chi connectivity index (χ1n) is 6.95. The summed E-state index contributed by atoms with van der Waals surface area (Å²) < 4.78 is 0. The number of aryl methyl sites for hydroxylation is 1. The van der Waals surface area contributed by atoms with Gasteiger partial charge in [0.25, 0.3) is 0 Å². The van der Waals surface area contributed by atoms with Gasteiger partial charge in [0.2, 0.25) is 5.95 Å². The molecule has 5 heteroatoms. The number of fused-ring (bicyclic) bond motifs is 1. The Morgan fingerprint density at radius 1 is 1.14 bits per heavy atom. The van der Waals surface area contributed by atoms with Crippen LogP contribution in [0.15, 0.2) is 42.7 Å². The number of pyridine rings is 1. The van der Waals surface area contributed by atoms with Crippen LogP contribution in [0.25, 0.3) is 10.8 Å². The van der Waals surface area contributed by atoms with Gasteiger partial charge in [0, 0.05) is 41.8 Å². The van der Waals surface area contributed by atoms with Gasteiger partial charge in [-0.25, -0.2) is 4.98 Å². The fraction of sp³-hybridized carbons (Fsp3) is 0.188. The summed E-state index contributed by atoms with van der Waals surface area (Å²) in [6.45, 7) is 4.77. The van der Waals surface area contributed by atoms with Crippen LogP contribution in [0.2, 0.25) is 0 Å². The molecule has 0 saturated carbocycles. The quantitative estimate of drug-likeness (QED) is 0.765. The smallest absolute Gasteiger partial charge is 0.224 e. The van der Waals surface area contributed by atoms with Crippen LogP contribution >= 0.6 is 0 Å². The molecular weight excluding hydrogens is 262 g/mol. The fourth-order valence-corrected chi connectivity index (χ4v) is 2.23. The van der Waals surface area contributed by atoms with Gasteiger partial charge in [-0.3, -0.25) is 4.98 Å². The molecule has 0 bridgehead atoms. The molecule has 0 aliphatic heterocycles. The fourth-order valence-electron chi connectivity index (χ4n) is 2.23. The minimum Gasteiger partial charge on any atom is -0.354 e. The van der Waals surface area contributed by atoms with Crippen LogP contribution in [0.3, 0.4) is 0 Å². The van der Waals surface area contributed by atoms with Crippen LogP contribution in [0.1, 0.15) is 12.6 Å². The third kappa shape index (κ3) is 2.91. The molecule has 1 aromatic carbocycles. The van der Waals surface area contributed by atoms with Gasteiger partial charge >= 0.3 is 0 Å². The number of aromatic nitrogens is 3. The Kier molecular flexibility index (Phi) is 3.64. The summed E-state index contributed by atoms with van der Waals surface area (Å²) in [5.41, 5.74) is 1.91. The summed E-state index contributed by atoms with van der Waals surface area (Å²) in [6.07, 6.45) is 3.65. The van der Waals surface area contributed by atoms with Gasteiger partial charge in [0.1, 0.15) is 5.82 Å². The highest BCUT2D eigenvalue weighted by atomic mass is 15.1. The Hall–Kier alpha value is -2.69. The summed E-state index contributed by atoms with van der Waals surface area (Å²) in [5, 5.41) is 8.71. The van der Waals surface area contributed by atoms with Crippen LogP contribution < -0.4 is 10.6 Å². The van der Waals surface area contributed by atoms with Gasteiger partial charge < -0.3 is 10.6 Å². The number of nitrogens with one attached hydrogen (secondary N) is 2. The zero-order valence-corrected chi connectivity index (χ0v) is 12.1. The average Bonchev–Trinajstić information content (AvgIpc) is 2.47. The highest BCUT2D eigenvalue weighted by molar-refractivity contribution is 5.94. The van der Waals surface area contributed by atoms with Crippen LogP contribution in [-0.4, -0.2) is 21.5 Å². The van der Waals surface area contributed by atoms with Crippen molar-refractivity contribution in [1.82, 2.24) is 15.0 Å². The van der Waals surface area contributed by atoms with Crippen molar-refractivity contribution in [2.75, 3.05) is 17.2 Å².